The number of amides is 1. The molecule has 1 amide bonds. The second-order valence-corrected chi connectivity index (χ2v) is 4.52. The van der Waals surface area contributed by atoms with Crippen LogP contribution in [0.1, 0.15) is 10.4 Å². The van der Waals surface area contributed by atoms with Crippen LogP contribution < -0.4 is 10.6 Å². The van der Waals surface area contributed by atoms with Crippen molar-refractivity contribution in [2.45, 2.75) is 0 Å². The number of rotatable bonds is 4. The number of carbonyl (C=O) groups excluding carboxylic acids is 1. The normalized spacial score (nSPS) is 10.2. The van der Waals surface area contributed by atoms with Crippen LogP contribution in [0.3, 0.4) is 0 Å². The lowest BCUT2D eigenvalue weighted by atomic mass is 10.2. The molecule has 0 fully saturated rings. The summed E-state index contributed by atoms with van der Waals surface area (Å²) in [6, 6.07) is 16.3. The molecule has 0 aliphatic rings. The molecule has 2 aromatic rings. The first-order valence-corrected chi connectivity index (χ1v) is 6.42. The second kappa shape index (κ2) is 6.36. The van der Waals surface area contributed by atoms with E-state index >= 15 is 0 Å². The van der Waals surface area contributed by atoms with Crippen molar-refractivity contribution in [3.05, 3.63) is 65.2 Å². The molecular weight excluding hydrogens is 260 g/mol. The van der Waals surface area contributed by atoms with E-state index in [-0.39, 0.29) is 5.91 Å². The first kappa shape index (κ1) is 13.6. The van der Waals surface area contributed by atoms with Gasteiger partial charge in [-0.15, -0.1) is 0 Å². The van der Waals surface area contributed by atoms with Gasteiger partial charge >= 0.3 is 0 Å². The lowest BCUT2D eigenvalue weighted by Crippen LogP contribution is -2.35. The van der Waals surface area contributed by atoms with Gasteiger partial charge in [-0.1, -0.05) is 29.8 Å². The number of halogens is 1. The van der Waals surface area contributed by atoms with E-state index in [0.717, 1.165) is 5.69 Å². The first-order valence-electron chi connectivity index (χ1n) is 6.05. The van der Waals surface area contributed by atoms with Crippen molar-refractivity contribution in [2.24, 2.45) is 5.73 Å². The summed E-state index contributed by atoms with van der Waals surface area (Å²) < 4.78 is 0. The fourth-order valence-electron chi connectivity index (χ4n) is 1.83. The molecule has 2 rings (SSSR count). The van der Waals surface area contributed by atoms with Crippen LogP contribution in [0.4, 0.5) is 5.69 Å². The van der Waals surface area contributed by atoms with Crippen LogP contribution in [0.2, 0.25) is 5.02 Å². The maximum absolute atomic E-state index is 12.5. The van der Waals surface area contributed by atoms with Crippen LogP contribution in [0, 0.1) is 0 Å². The highest BCUT2D eigenvalue weighted by Crippen LogP contribution is 2.17. The molecule has 0 spiro atoms. The molecule has 19 heavy (non-hydrogen) atoms. The highest BCUT2D eigenvalue weighted by atomic mass is 35.5. The van der Waals surface area contributed by atoms with Gasteiger partial charge in [-0.05, 0) is 36.4 Å². The molecule has 98 valence electrons. The molecule has 0 radical (unpaired) electrons. The van der Waals surface area contributed by atoms with Crippen LogP contribution in [-0.2, 0) is 0 Å². The average Bonchev–Trinajstić information content (AvgIpc) is 2.46. The molecule has 0 aliphatic carbocycles. The number of benzene rings is 2. The van der Waals surface area contributed by atoms with Gasteiger partial charge in [-0.2, -0.15) is 0 Å². The van der Waals surface area contributed by atoms with Crippen molar-refractivity contribution in [1.82, 2.24) is 0 Å². The molecule has 3 nitrogen and oxygen atoms in total. The number of carbonyl (C=O) groups is 1. The van der Waals surface area contributed by atoms with E-state index in [2.05, 4.69) is 0 Å². The fourth-order valence-corrected chi connectivity index (χ4v) is 1.96. The Kier molecular flexibility index (Phi) is 4.55. The maximum Gasteiger partial charge on any atom is 0.258 e. The van der Waals surface area contributed by atoms with Gasteiger partial charge in [-0.25, -0.2) is 0 Å². The Morgan fingerprint density at radius 1 is 1.05 bits per heavy atom. The first-order chi connectivity index (χ1) is 9.22. The molecule has 0 saturated heterocycles. The standard InChI is InChI=1S/C15H15ClN2O/c16-13-8-6-12(7-9-13)15(19)18(11-10-17)14-4-2-1-3-5-14/h1-9H,10-11,17H2. The highest BCUT2D eigenvalue weighted by Gasteiger charge is 2.16. The van der Waals surface area contributed by atoms with Crippen LogP contribution in [0.5, 0.6) is 0 Å². The maximum atomic E-state index is 12.5. The number of nitrogens with zero attached hydrogens (tertiary/aromatic N) is 1. The molecule has 0 bridgehead atoms. The highest BCUT2D eigenvalue weighted by molar-refractivity contribution is 6.30. The van der Waals surface area contributed by atoms with Crippen molar-refractivity contribution < 1.29 is 4.79 Å². The van der Waals surface area contributed by atoms with E-state index in [4.69, 9.17) is 17.3 Å². The number of hydrogen-bond acceptors (Lipinski definition) is 2. The third-order valence-corrected chi connectivity index (χ3v) is 3.01. The quantitative estimate of drug-likeness (QED) is 0.932. The van der Waals surface area contributed by atoms with Crippen LogP contribution >= 0.6 is 11.6 Å². The van der Waals surface area contributed by atoms with Gasteiger partial charge in [0.05, 0.1) is 0 Å². The number of nitrogens with two attached hydrogens (primary N) is 1. The van der Waals surface area contributed by atoms with Crippen molar-refractivity contribution in [1.29, 1.82) is 0 Å². The Labute approximate surface area is 117 Å². The van der Waals surface area contributed by atoms with Crippen LogP contribution in [0.25, 0.3) is 0 Å². The lowest BCUT2D eigenvalue weighted by Gasteiger charge is -2.22. The zero-order valence-corrected chi connectivity index (χ0v) is 11.2. The summed E-state index contributed by atoms with van der Waals surface area (Å²) in [5.41, 5.74) is 7.03. The molecule has 4 heteroatoms. The predicted molar refractivity (Wildman–Crippen MR) is 78.6 cm³/mol. The van der Waals surface area contributed by atoms with E-state index in [0.29, 0.717) is 23.7 Å². The molecule has 0 saturated carbocycles. The summed E-state index contributed by atoms with van der Waals surface area (Å²) in [7, 11) is 0. The second-order valence-electron chi connectivity index (χ2n) is 4.09. The third-order valence-electron chi connectivity index (χ3n) is 2.76. The number of para-hydroxylation sites is 1. The summed E-state index contributed by atoms with van der Waals surface area (Å²) in [5, 5.41) is 0.613. The molecule has 0 heterocycles. The van der Waals surface area contributed by atoms with Crippen molar-refractivity contribution >= 4 is 23.2 Å². The van der Waals surface area contributed by atoms with Gasteiger partial charge in [0.2, 0.25) is 0 Å². The molecule has 0 atom stereocenters. The number of anilines is 1. The smallest absolute Gasteiger partial charge is 0.258 e. The van der Waals surface area contributed by atoms with E-state index < -0.39 is 0 Å². The van der Waals surface area contributed by atoms with Gasteiger partial charge < -0.3 is 10.6 Å². The van der Waals surface area contributed by atoms with Gasteiger partial charge in [0.1, 0.15) is 0 Å². The Bertz CT molecular complexity index is 540. The SMILES string of the molecule is NCCN(C(=O)c1ccc(Cl)cc1)c1ccccc1. The Hall–Kier alpha value is -1.84. The van der Waals surface area contributed by atoms with Crippen LogP contribution in [-0.4, -0.2) is 19.0 Å². The molecule has 2 aromatic carbocycles. The minimum absolute atomic E-state index is 0.0756. The molecule has 0 aromatic heterocycles. The van der Waals surface area contributed by atoms with E-state index in [9.17, 15) is 4.79 Å². The molecule has 0 aliphatic heterocycles. The number of hydrogen-bond donors (Lipinski definition) is 1. The predicted octanol–water partition coefficient (Wildman–Crippen LogP) is 2.95. The van der Waals surface area contributed by atoms with Gasteiger partial charge in [0.15, 0.2) is 0 Å². The third kappa shape index (κ3) is 3.34. The fraction of sp³-hybridized carbons (Fsp3) is 0.133. The Morgan fingerprint density at radius 3 is 2.26 bits per heavy atom. The Morgan fingerprint density at radius 2 is 1.68 bits per heavy atom. The van der Waals surface area contributed by atoms with E-state index in [1.165, 1.54) is 0 Å². The summed E-state index contributed by atoms with van der Waals surface area (Å²) in [6.45, 7) is 0.889. The molecule has 0 unspecified atom stereocenters. The zero-order chi connectivity index (χ0) is 13.7. The van der Waals surface area contributed by atoms with Crippen LogP contribution in [0.15, 0.2) is 54.6 Å². The Balaban J connectivity index is 2.29. The topological polar surface area (TPSA) is 46.3 Å². The molecule has 2 N–H and O–H groups in total. The van der Waals surface area contributed by atoms with Gasteiger partial charge in [-0.3, -0.25) is 4.79 Å². The summed E-state index contributed by atoms with van der Waals surface area (Å²) >= 11 is 5.83. The van der Waals surface area contributed by atoms with Crippen molar-refractivity contribution in [2.75, 3.05) is 18.0 Å². The minimum atomic E-state index is -0.0756. The summed E-state index contributed by atoms with van der Waals surface area (Å²) in [5.74, 6) is -0.0756. The van der Waals surface area contributed by atoms with E-state index in [1.807, 2.05) is 30.3 Å². The van der Waals surface area contributed by atoms with E-state index in [1.54, 1.807) is 29.2 Å². The van der Waals surface area contributed by atoms with Gasteiger partial charge in [0.25, 0.3) is 5.91 Å². The summed E-state index contributed by atoms with van der Waals surface area (Å²) in [4.78, 5) is 14.1. The lowest BCUT2D eigenvalue weighted by molar-refractivity contribution is 0.0987. The largest absolute Gasteiger partial charge is 0.329 e. The average molecular weight is 275 g/mol. The monoisotopic (exact) mass is 274 g/mol. The van der Waals surface area contributed by atoms with Crippen molar-refractivity contribution in [3.8, 4) is 0 Å². The summed E-state index contributed by atoms with van der Waals surface area (Å²) in [6.07, 6.45) is 0. The minimum Gasteiger partial charge on any atom is -0.329 e. The van der Waals surface area contributed by atoms with Crippen molar-refractivity contribution in [3.63, 3.8) is 0 Å². The van der Waals surface area contributed by atoms with Gasteiger partial charge in [0, 0.05) is 29.4 Å². The molecular formula is C15H15ClN2O. The zero-order valence-electron chi connectivity index (χ0n) is 10.4.